The molecule has 0 radical (unpaired) electrons. The molecule has 1 N–H and O–H groups in total. The van der Waals surface area contributed by atoms with Gasteiger partial charge in [-0.2, -0.15) is 5.10 Å². The molecular formula is C19H17N5O4S. The smallest absolute Gasteiger partial charge is 0.261 e. The van der Waals surface area contributed by atoms with Gasteiger partial charge in [-0.25, -0.2) is 18.1 Å². The van der Waals surface area contributed by atoms with Crippen molar-refractivity contribution in [2.24, 2.45) is 0 Å². The summed E-state index contributed by atoms with van der Waals surface area (Å²) >= 11 is 0. The maximum Gasteiger partial charge on any atom is 0.269 e. The summed E-state index contributed by atoms with van der Waals surface area (Å²) in [6.45, 7) is 2.58. The second-order valence-electron chi connectivity index (χ2n) is 6.48. The minimum Gasteiger partial charge on any atom is -0.261 e. The van der Waals surface area contributed by atoms with E-state index in [1.807, 2.05) is 37.3 Å². The Morgan fingerprint density at radius 3 is 2.55 bits per heavy atom. The summed E-state index contributed by atoms with van der Waals surface area (Å²) in [7, 11) is -3.98. The van der Waals surface area contributed by atoms with E-state index in [9.17, 15) is 18.5 Å². The first-order valence-corrected chi connectivity index (χ1v) is 10.4. The summed E-state index contributed by atoms with van der Waals surface area (Å²) in [5.41, 5.74) is 1.20. The van der Waals surface area contributed by atoms with Crippen LogP contribution in [-0.2, 0) is 16.6 Å². The van der Waals surface area contributed by atoms with Gasteiger partial charge in [0.25, 0.3) is 15.7 Å². The van der Waals surface area contributed by atoms with E-state index in [0.717, 1.165) is 29.5 Å². The Balaban J connectivity index is 1.80. The number of benzene rings is 2. The number of nitrogens with zero attached hydrogens (tertiary/aromatic N) is 4. The van der Waals surface area contributed by atoms with Crippen LogP contribution in [0.3, 0.4) is 0 Å². The number of aromatic nitrogens is 3. The van der Waals surface area contributed by atoms with Crippen LogP contribution >= 0.6 is 0 Å². The van der Waals surface area contributed by atoms with Crippen LogP contribution in [0.15, 0.2) is 59.5 Å². The SMILES string of the molecule is CCCn1nc(NS(=O)(=O)c2ccc([N+](=O)[O-])cc2)c2cc3ccccc3nc21. The molecule has 4 aromatic rings. The Hall–Kier alpha value is -3.53. The number of rotatable bonds is 6. The summed E-state index contributed by atoms with van der Waals surface area (Å²) in [5.74, 6) is 0.171. The van der Waals surface area contributed by atoms with Crippen molar-refractivity contribution in [1.82, 2.24) is 14.8 Å². The monoisotopic (exact) mass is 411 g/mol. The van der Waals surface area contributed by atoms with Crippen LogP contribution in [0.5, 0.6) is 0 Å². The molecule has 0 saturated heterocycles. The lowest BCUT2D eigenvalue weighted by atomic mass is 10.2. The topological polar surface area (TPSA) is 120 Å². The Morgan fingerprint density at radius 1 is 1.14 bits per heavy atom. The van der Waals surface area contributed by atoms with Crippen LogP contribution in [0.2, 0.25) is 0 Å². The molecule has 0 fully saturated rings. The van der Waals surface area contributed by atoms with Gasteiger partial charge < -0.3 is 0 Å². The lowest BCUT2D eigenvalue weighted by Gasteiger charge is -2.06. The number of hydrogen-bond donors (Lipinski definition) is 1. The largest absolute Gasteiger partial charge is 0.269 e. The first-order chi connectivity index (χ1) is 13.9. The number of anilines is 1. The van der Waals surface area contributed by atoms with Gasteiger partial charge in [0.1, 0.15) is 0 Å². The molecule has 148 valence electrons. The van der Waals surface area contributed by atoms with Crippen molar-refractivity contribution in [3.8, 4) is 0 Å². The molecule has 0 aliphatic rings. The normalized spacial score (nSPS) is 11.8. The number of hydrogen-bond acceptors (Lipinski definition) is 6. The number of pyridine rings is 1. The number of non-ortho nitro benzene ring substituents is 1. The van der Waals surface area contributed by atoms with E-state index in [2.05, 4.69) is 14.8 Å². The molecule has 2 aromatic carbocycles. The summed E-state index contributed by atoms with van der Waals surface area (Å²) < 4.78 is 29.8. The molecule has 4 rings (SSSR count). The summed E-state index contributed by atoms with van der Waals surface area (Å²) in [6.07, 6.45) is 0.805. The van der Waals surface area contributed by atoms with Crippen molar-refractivity contribution in [1.29, 1.82) is 0 Å². The van der Waals surface area contributed by atoms with Crippen molar-refractivity contribution >= 4 is 43.5 Å². The number of nitro groups is 1. The number of fused-ring (bicyclic) bond motifs is 2. The highest BCUT2D eigenvalue weighted by Gasteiger charge is 2.21. The third-order valence-corrected chi connectivity index (χ3v) is 5.80. The third-order valence-electron chi connectivity index (χ3n) is 4.45. The average Bonchev–Trinajstić information content (AvgIpc) is 3.02. The van der Waals surface area contributed by atoms with Crippen LogP contribution in [0.1, 0.15) is 13.3 Å². The van der Waals surface area contributed by atoms with Gasteiger partial charge in [0.2, 0.25) is 0 Å². The van der Waals surface area contributed by atoms with Crippen LogP contribution in [-0.4, -0.2) is 28.1 Å². The Bertz CT molecular complexity index is 1330. The van der Waals surface area contributed by atoms with Gasteiger partial charge in [-0.3, -0.25) is 14.8 Å². The van der Waals surface area contributed by atoms with Crippen LogP contribution in [0.25, 0.3) is 21.9 Å². The Kier molecular flexibility index (Phi) is 4.63. The summed E-state index contributed by atoms with van der Waals surface area (Å²) in [5, 5.41) is 16.7. The molecule has 0 atom stereocenters. The lowest BCUT2D eigenvalue weighted by molar-refractivity contribution is -0.384. The minimum atomic E-state index is -3.98. The number of nitrogens with one attached hydrogen (secondary N) is 1. The van der Waals surface area contributed by atoms with Crippen LogP contribution < -0.4 is 4.72 Å². The van der Waals surface area contributed by atoms with Crippen LogP contribution in [0.4, 0.5) is 11.5 Å². The fourth-order valence-corrected chi connectivity index (χ4v) is 4.09. The highest BCUT2D eigenvalue weighted by molar-refractivity contribution is 7.92. The molecule has 0 bridgehead atoms. The van der Waals surface area contributed by atoms with Crippen molar-refractivity contribution < 1.29 is 13.3 Å². The molecule has 0 saturated carbocycles. The summed E-state index contributed by atoms with van der Waals surface area (Å²) in [4.78, 5) is 14.8. The quantitative estimate of drug-likeness (QED) is 0.381. The van der Waals surface area contributed by atoms with Crippen molar-refractivity contribution in [3.05, 3.63) is 64.7 Å². The number of nitro benzene ring substituents is 1. The first kappa shape index (κ1) is 18.8. The highest BCUT2D eigenvalue weighted by atomic mass is 32.2. The molecule has 0 aliphatic carbocycles. The minimum absolute atomic E-state index is 0.0879. The number of para-hydroxylation sites is 1. The molecule has 0 unspecified atom stereocenters. The van der Waals surface area contributed by atoms with E-state index in [1.54, 1.807) is 4.68 Å². The predicted octanol–water partition coefficient (Wildman–Crippen LogP) is 3.70. The average molecular weight is 411 g/mol. The lowest BCUT2D eigenvalue weighted by Crippen LogP contribution is -2.14. The second-order valence-corrected chi connectivity index (χ2v) is 8.16. The Morgan fingerprint density at radius 2 is 1.86 bits per heavy atom. The number of sulfonamides is 1. The van der Waals surface area contributed by atoms with Gasteiger partial charge >= 0.3 is 0 Å². The van der Waals surface area contributed by atoms with Crippen molar-refractivity contribution in [3.63, 3.8) is 0 Å². The van der Waals surface area contributed by atoms with Gasteiger partial charge in [-0.15, -0.1) is 0 Å². The van der Waals surface area contributed by atoms with E-state index >= 15 is 0 Å². The van der Waals surface area contributed by atoms with Crippen LogP contribution in [0, 0.1) is 10.1 Å². The molecule has 0 spiro atoms. The second kappa shape index (κ2) is 7.13. The van der Waals surface area contributed by atoms with Gasteiger partial charge in [0.05, 0.1) is 20.7 Å². The molecule has 9 nitrogen and oxygen atoms in total. The zero-order chi connectivity index (χ0) is 20.6. The van der Waals surface area contributed by atoms with Gasteiger partial charge in [-0.1, -0.05) is 25.1 Å². The predicted molar refractivity (Wildman–Crippen MR) is 109 cm³/mol. The highest BCUT2D eigenvalue weighted by Crippen LogP contribution is 2.28. The summed E-state index contributed by atoms with van der Waals surface area (Å²) in [6, 6.07) is 14.1. The number of aryl methyl sites for hydroxylation is 1. The molecule has 0 aliphatic heterocycles. The molecular weight excluding hydrogens is 394 g/mol. The molecule has 10 heteroatoms. The first-order valence-electron chi connectivity index (χ1n) is 8.92. The molecule has 2 aromatic heterocycles. The fraction of sp³-hybridized carbons (Fsp3) is 0.158. The molecule has 29 heavy (non-hydrogen) atoms. The van der Waals surface area contributed by atoms with Gasteiger partial charge in [0, 0.05) is 24.1 Å². The maximum absolute atomic E-state index is 12.8. The van der Waals surface area contributed by atoms with E-state index in [4.69, 9.17) is 0 Å². The Labute approximate surface area is 166 Å². The van der Waals surface area contributed by atoms with E-state index in [-0.39, 0.29) is 16.4 Å². The third kappa shape index (κ3) is 3.49. The fourth-order valence-electron chi connectivity index (χ4n) is 3.08. The van der Waals surface area contributed by atoms with Gasteiger partial charge in [0.15, 0.2) is 11.5 Å². The van der Waals surface area contributed by atoms with E-state index in [0.29, 0.717) is 17.6 Å². The zero-order valence-corrected chi connectivity index (χ0v) is 16.3. The molecule has 2 heterocycles. The van der Waals surface area contributed by atoms with Gasteiger partial charge in [-0.05, 0) is 30.7 Å². The van der Waals surface area contributed by atoms with Crippen molar-refractivity contribution in [2.45, 2.75) is 24.8 Å². The maximum atomic E-state index is 12.8. The van der Waals surface area contributed by atoms with E-state index < -0.39 is 14.9 Å². The van der Waals surface area contributed by atoms with Crippen molar-refractivity contribution in [2.75, 3.05) is 4.72 Å². The molecule has 0 amide bonds. The standard InChI is InChI=1S/C19H17N5O4S/c1-2-11-23-19-16(12-13-5-3-4-6-17(13)20-19)18(21-23)22-29(27,28)15-9-7-14(8-10-15)24(25)26/h3-10,12H,2,11H2,1H3,(H,21,22). The van der Waals surface area contributed by atoms with E-state index in [1.165, 1.54) is 12.1 Å². The zero-order valence-electron chi connectivity index (χ0n) is 15.4.